The van der Waals surface area contributed by atoms with Gasteiger partial charge in [-0.2, -0.15) is 0 Å². The van der Waals surface area contributed by atoms with Gasteiger partial charge in [0, 0.05) is 17.1 Å². The van der Waals surface area contributed by atoms with Crippen molar-refractivity contribution >= 4 is 16.8 Å². The van der Waals surface area contributed by atoms with Crippen molar-refractivity contribution in [3.63, 3.8) is 0 Å². The summed E-state index contributed by atoms with van der Waals surface area (Å²) in [7, 11) is 1.57. The van der Waals surface area contributed by atoms with E-state index in [9.17, 15) is 9.59 Å². The van der Waals surface area contributed by atoms with Crippen LogP contribution in [0.1, 0.15) is 54.1 Å². The second-order valence-electron chi connectivity index (χ2n) is 7.97. The van der Waals surface area contributed by atoms with Gasteiger partial charge in [0.2, 0.25) is 0 Å². The average Bonchev–Trinajstić information content (AvgIpc) is 3.31. The number of carbonyl (C=O) groups excluding carboxylic acids is 1. The molecule has 1 aliphatic rings. The molecule has 0 spiro atoms. The van der Waals surface area contributed by atoms with Crippen LogP contribution in [0.2, 0.25) is 0 Å². The van der Waals surface area contributed by atoms with Gasteiger partial charge in [-0.1, -0.05) is 38.0 Å². The molecule has 0 saturated heterocycles. The van der Waals surface area contributed by atoms with Crippen molar-refractivity contribution < 1.29 is 9.53 Å². The lowest BCUT2D eigenvalue weighted by Crippen LogP contribution is -2.39. The number of aromatic amines is 1. The Hall–Kier alpha value is -3.08. The van der Waals surface area contributed by atoms with Gasteiger partial charge >= 0.3 is 0 Å². The number of para-hydroxylation sites is 1. The van der Waals surface area contributed by atoms with E-state index in [0.29, 0.717) is 23.4 Å². The van der Waals surface area contributed by atoms with Crippen molar-refractivity contribution in [2.45, 2.75) is 51.6 Å². The second-order valence-corrected chi connectivity index (χ2v) is 7.97. The minimum Gasteiger partial charge on any atom is -0.496 e. The first-order chi connectivity index (χ1) is 14.6. The topological polar surface area (TPSA) is 62.4 Å². The Balaban J connectivity index is 1.73. The smallest absolute Gasteiger partial charge is 0.258 e. The number of hydrogen-bond donors (Lipinski definition) is 1. The van der Waals surface area contributed by atoms with Crippen LogP contribution in [0.15, 0.2) is 53.3 Å². The van der Waals surface area contributed by atoms with E-state index in [1.807, 2.05) is 35.2 Å². The maximum absolute atomic E-state index is 13.5. The highest BCUT2D eigenvalue weighted by atomic mass is 16.5. The molecule has 5 nitrogen and oxygen atoms in total. The summed E-state index contributed by atoms with van der Waals surface area (Å²) in [6.45, 7) is 2.41. The fourth-order valence-corrected chi connectivity index (χ4v) is 4.38. The first-order valence-electron chi connectivity index (χ1n) is 10.7. The first kappa shape index (κ1) is 20.2. The van der Waals surface area contributed by atoms with Crippen molar-refractivity contribution in [2.24, 2.45) is 0 Å². The molecule has 30 heavy (non-hydrogen) atoms. The summed E-state index contributed by atoms with van der Waals surface area (Å²) in [4.78, 5) is 31.2. The lowest BCUT2D eigenvalue weighted by molar-refractivity contribution is 0.0660. The lowest BCUT2D eigenvalue weighted by atomic mass is 10.1. The number of pyridine rings is 1. The minimum absolute atomic E-state index is 0.0823. The molecule has 0 unspecified atom stereocenters. The molecule has 5 heteroatoms. The number of H-pyrrole nitrogens is 1. The number of rotatable bonds is 6. The number of fused-ring (bicyclic) bond motifs is 1. The van der Waals surface area contributed by atoms with Crippen molar-refractivity contribution in [3.8, 4) is 5.75 Å². The summed E-state index contributed by atoms with van der Waals surface area (Å²) < 4.78 is 5.42. The Morgan fingerprint density at radius 1 is 1.13 bits per heavy atom. The quantitative estimate of drug-likeness (QED) is 0.649. The van der Waals surface area contributed by atoms with Gasteiger partial charge in [-0.25, -0.2) is 0 Å². The number of aromatic nitrogens is 1. The number of aryl methyl sites for hydroxylation is 1. The molecule has 1 saturated carbocycles. The van der Waals surface area contributed by atoms with Gasteiger partial charge in [0.05, 0.1) is 19.2 Å². The van der Waals surface area contributed by atoms with Crippen LogP contribution in [0.5, 0.6) is 5.75 Å². The summed E-state index contributed by atoms with van der Waals surface area (Å²) in [5.74, 6) is 0.478. The zero-order valence-corrected chi connectivity index (χ0v) is 17.6. The summed E-state index contributed by atoms with van der Waals surface area (Å²) in [6.07, 6.45) is 5.08. The van der Waals surface area contributed by atoms with E-state index in [-0.39, 0.29) is 17.5 Å². The third-order valence-electron chi connectivity index (χ3n) is 6.10. The number of nitrogens with zero attached hydrogens (tertiary/aromatic N) is 1. The molecule has 1 N–H and O–H groups in total. The fraction of sp³-hybridized carbons (Fsp3) is 0.360. The molecule has 2 aromatic carbocycles. The molecule has 1 aliphatic carbocycles. The number of carbonyl (C=O) groups is 1. The Bertz CT molecular complexity index is 1110. The van der Waals surface area contributed by atoms with Gasteiger partial charge in [0.1, 0.15) is 5.75 Å². The number of hydrogen-bond acceptors (Lipinski definition) is 3. The van der Waals surface area contributed by atoms with Crippen molar-refractivity contribution in [1.82, 2.24) is 9.88 Å². The molecule has 4 rings (SSSR count). The van der Waals surface area contributed by atoms with E-state index >= 15 is 0 Å². The lowest BCUT2D eigenvalue weighted by Gasteiger charge is -2.29. The van der Waals surface area contributed by atoms with E-state index in [2.05, 4.69) is 18.0 Å². The number of ether oxygens (including phenoxy) is 1. The Morgan fingerprint density at radius 2 is 1.90 bits per heavy atom. The van der Waals surface area contributed by atoms with Gasteiger partial charge < -0.3 is 14.6 Å². The standard InChI is InChI=1S/C25H28N2O3/c1-3-17-12-13-22-18(14-17)15-19(24(28)26-22)16-27(20-8-4-5-9-20)25(29)21-10-6-7-11-23(21)30-2/h6-7,10-15,20H,3-5,8-9,16H2,1-2H3,(H,26,28). The minimum atomic E-state index is -0.137. The molecular weight excluding hydrogens is 376 g/mol. The summed E-state index contributed by atoms with van der Waals surface area (Å²) in [5.41, 5.74) is 3.06. The zero-order valence-electron chi connectivity index (χ0n) is 17.6. The van der Waals surface area contributed by atoms with Crippen LogP contribution in [0.4, 0.5) is 0 Å². The van der Waals surface area contributed by atoms with Crippen LogP contribution >= 0.6 is 0 Å². The highest BCUT2D eigenvalue weighted by Gasteiger charge is 2.29. The third kappa shape index (κ3) is 3.97. The molecule has 0 radical (unpaired) electrons. The summed E-state index contributed by atoms with van der Waals surface area (Å²) in [6, 6.07) is 15.5. The Kier molecular flexibility index (Phi) is 5.88. The van der Waals surface area contributed by atoms with Crippen LogP contribution in [0, 0.1) is 0 Å². The molecule has 1 heterocycles. The van der Waals surface area contributed by atoms with Crippen molar-refractivity contribution in [3.05, 3.63) is 75.6 Å². The summed E-state index contributed by atoms with van der Waals surface area (Å²) in [5, 5.41) is 1.00. The fourth-order valence-electron chi connectivity index (χ4n) is 4.38. The average molecular weight is 405 g/mol. The molecule has 0 bridgehead atoms. The van der Waals surface area contributed by atoms with Gasteiger partial charge in [0.25, 0.3) is 11.5 Å². The highest BCUT2D eigenvalue weighted by Crippen LogP contribution is 2.29. The molecule has 1 amide bonds. The molecular formula is C25H28N2O3. The maximum Gasteiger partial charge on any atom is 0.258 e. The SMILES string of the molecule is CCc1ccc2[nH]c(=O)c(CN(C(=O)c3ccccc3OC)C3CCCC3)cc2c1. The van der Waals surface area contributed by atoms with E-state index in [4.69, 9.17) is 4.74 Å². The van der Waals surface area contributed by atoms with Crippen LogP contribution in [0.25, 0.3) is 10.9 Å². The Morgan fingerprint density at radius 3 is 2.63 bits per heavy atom. The molecule has 1 fully saturated rings. The normalized spacial score (nSPS) is 14.2. The van der Waals surface area contributed by atoms with Crippen LogP contribution in [0.3, 0.4) is 0 Å². The van der Waals surface area contributed by atoms with Gasteiger partial charge in [-0.3, -0.25) is 9.59 Å². The van der Waals surface area contributed by atoms with E-state index in [0.717, 1.165) is 43.0 Å². The van der Waals surface area contributed by atoms with E-state index < -0.39 is 0 Å². The van der Waals surface area contributed by atoms with Gasteiger partial charge in [-0.05, 0) is 60.5 Å². The van der Waals surface area contributed by atoms with E-state index in [1.54, 1.807) is 19.2 Å². The zero-order chi connectivity index (χ0) is 21.1. The molecule has 3 aromatic rings. The van der Waals surface area contributed by atoms with Gasteiger partial charge in [0.15, 0.2) is 0 Å². The predicted octanol–water partition coefficient (Wildman–Crippen LogP) is 4.68. The number of methoxy groups -OCH3 is 1. The molecule has 156 valence electrons. The summed E-state index contributed by atoms with van der Waals surface area (Å²) >= 11 is 0. The Labute approximate surface area is 176 Å². The van der Waals surface area contributed by atoms with Crippen LogP contribution in [-0.4, -0.2) is 28.9 Å². The third-order valence-corrected chi connectivity index (χ3v) is 6.10. The van der Waals surface area contributed by atoms with Crippen LogP contribution < -0.4 is 10.3 Å². The number of benzene rings is 2. The molecule has 1 aromatic heterocycles. The number of nitrogens with one attached hydrogen (secondary N) is 1. The first-order valence-corrected chi connectivity index (χ1v) is 10.7. The van der Waals surface area contributed by atoms with E-state index in [1.165, 1.54) is 5.56 Å². The monoisotopic (exact) mass is 404 g/mol. The predicted molar refractivity (Wildman–Crippen MR) is 119 cm³/mol. The largest absolute Gasteiger partial charge is 0.496 e. The van der Waals surface area contributed by atoms with Crippen molar-refractivity contribution in [1.29, 1.82) is 0 Å². The number of amides is 1. The second kappa shape index (κ2) is 8.74. The van der Waals surface area contributed by atoms with Crippen molar-refractivity contribution in [2.75, 3.05) is 7.11 Å². The highest BCUT2D eigenvalue weighted by molar-refractivity contribution is 5.97. The molecule has 0 atom stereocenters. The van der Waals surface area contributed by atoms with Crippen LogP contribution in [-0.2, 0) is 13.0 Å². The molecule has 0 aliphatic heterocycles. The van der Waals surface area contributed by atoms with Gasteiger partial charge in [-0.15, -0.1) is 0 Å². The maximum atomic E-state index is 13.5.